The summed E-state index contributed by atoms with van der Waals surface area (Å²) >= 11 is 1.31. The number of thiophene rings is 1. The molecular weight excluding hydrogens is 306 g/mol. The minimum absolute atomic E-state index is 0.267. The molecule has 2 rings (SSSR count). The Bertz CT molecular complexity index is 669. The SMILES string of the molecule is CCNCc1ccc(S(=O)(=O)N(C)Cc2ccccn2)s1. The molecule has 21 heavy (non-hydrogen) atoms. The van der Waals surface area contributed by atoms with E-state index < -0.39 is 10.0 Å². The fraction of sp³-hybridized carbons (Fsp3) is 0.357. The van der Waals surface area contributed by atoms with Crippen molar-refractivity contribution < 1.29 is 8.42 Å². The number of hydrogen-bond donors (Lipinski definition) is 1. The van der Waals surface area contributed by atoms with E-state index in [1.165, 1.54) is 15.6 Å². The van der Waals surface area contributed by atoms with Gasteiger partial charge in [-0.15, -0.1) is 11.3 Å². The second-order valence-corrected chi connectivity index (χ2v) is 8.02. The molecule has 0 aliphatic heterocycles. The number of sulfonamides is 1. The van der Waals surface area contributed by atoms with Crippen molar-refractivity contribution in [3.63, 3.8) is 0 Å². The quantitative estimate of drug-likeness (QED) is 0.846. The van der Waals surface area contributed by atoms with E-state index >= 15 is 0 Å². The standard InChI is InChI=1S/C14H19N3O2S2/c1-3-15-10-13-7-8-14(20-13)21(18,19)17(2)11-12-6-4-5-9-16-12/h4-9,15H,3,10-11H2,1-2H3. The Labute approximate surface area is 129 Å². The van der Waals surface area contributed by atoms with E-state index in [2.05, 4.69) is 10.3 Å². The minimum Gasteiger partial charge on any atom is -0.312 e. The largest absolute Gasteiger partial charge is 0.312 e. The van der Waals surface area contributed by atoms with Gasteiger partial charge < -0.3 is 5.32 Å². The molecule has 1 N–H and O–H groups in total. The smallest absolute Gasteiger partial charge is 0.252 e. The van der Waals surface area contributed by atoms with Crippen LogP contribution in [0.1, 0.15) is 17.5 Å². The Morgan fingerprint density at radius 3 is 2.76 bits per heavy atom. The molecule has 2 heterocycles. The molecule has 0 amide bonds. The molecule has 0 unspecified atom stereocenters. The summed E-state index contributed by atoms with van der Waals surface area (Å²) < 4.78 is 26.7. The second-order valence-electron chi connectivity index (χ2n) is 4.58. The zero-order chi connectivity index (χ0) is 15.3. The summed E-state index contributed by atoms with van der Waals surface area (Å²) in [5.74, 6) is 0. The first-order chi connectivity index (χ1) is 10.0. The van der Waals surface area contributed by atoms with Crippen LogP contribution in [0.15, 0.2) is 40.7 Å². The van der Waals surface area contributed by atoms with Crippen LogP contribution in [-0.2, 0) is 23.1 Å². The third-order valence-corrected chi connectivity index (χ3v) is 6.32. The molecule has 0 aromatic carbocycles. The number of aromatic nitrogens is 1. The highest BCUT2D eigenvalue weighted by Gasteiger charge is 2.23. The lowest BCUT2D eigenvalue weighted by Crippen LogP contribution is -2.26. The molecule has 0 saturated heterocycles. The van der Waals surface area contributed by atoms with Crippen molar-refractivity contribution >= 4 is 21.4 Å². The highest BCUT2D eigenvalue weighted by atomic mass is 32.2. The molecule has 114 valence electrons. The summed E-state index contributed by atoms with van der Waals surface area (Å²) in [5.41, 5.74) is 0.730. The lowest BCUT2D eigenvalue weighted by atomic mass is 10.3. The number of nitrogens with one attached hydrogen (secondary N) is 1. The van der Waals surface area contributed by atoms with E-state index in [1.54, 1.807) is 19.3 Å². The first-order valence-electron chi connectivity index (χ1n) is 6.69. The van der Waals surface area contributed by atoms with E-state index in [9.17, 15) is 8.42 Å². The van der Waals surface area contributed by atoms with Gasteiger partial charge in [0.25, 0.3) is 10.0 Å². The first kappa shape index (κ1) is 16.1. The summed E-state index contributed by atoms with van der Waals surface area (Å²) in [6.45, 7) is 3.84. The van der Waals surface area contributed by atoms with Crippen LogP contribution in [0.2, 0.25) is 0 Å². The van der Waals surface area contributed by atoms with Gasteiger partial charge in [0.2, 0.25) is 0 Å². The van der Waals surface area contributed by atoms with Crippen LogP contribution in [0, 0.1) is 0 Å². The zero-order valence-corrected chi connectivity index (χ0v) is 13.7. The maximum atomic E-state index is 12.5. The van der Waals surface area contributed by atoms with Crippen molar-refractivity contribution in [2.24, 2.45) is 0 Å². The number of pyridine rings is 1. The Morgan fingerprint density at radius 2 is 2.10 bits per heavy atom. The number of nitrogens with zero attached hydrogens (tertiary/aromatic N) is 2. The van der Waals surface area contributed by atoms with E-state index in [4.69, 9.17) is 0 Å². The third kappa shape index (κ3) is 4.10. The van der Waals surface area contributed by atoms with Crippen LogP contribution in [0.5, 0.6) is 0 Å². The Hall–Kier alpha value is -1.28. The maximum Gasteiger partial charge on any atom is 0.252 e. The molecule has 0 saturated carbocycles. The van der Waals surface area contributed by atoms with Crippen LogP contribution in [0.3, 0.4) is 0 Å². The van der Waals surface area contributed by atoms with Crippen LogP contribution < -0.4 is 5.32 Å². The summed E-state index contributed by atoms with van der Waals surface area (Å²) in [7, 11) is -1.88. The Balaban J connectivity index is 2.11. The van der Waals surface area contributed by atoms with E-state index in [1.807, 2.05) is 31.2 Å². The van der Waals surface area contributed by atoms with Crippen molar-refractivity contribution in [2.75, 3.05) is 13.6 Å². The van der Waals surface area contributed by atoms with E-state index in [0.29, 0.717) is 10.8 Å². The van der Waals surface area contributed by atoms with Crippen molar-refractivity contribution in [3.05, 3.63) is 47.1 Å². The van der Waals surface area contributed by atoms with Gasteiger partial charge in [-0.2, -0.15) is 4.31 Å². The minimum atomic E-state index is -3.46. The predicted octanol–water partition coefficient (Wildman–Crippen LogP) is 2.07. The van der Waals surface area contributed by atoms with Crippen LogP contribution >= 0.6 is 11.3 Å². The average Bonchev–Trinajstić information content (AvgIpc) is 2.95. The predicted molar refractivity (Wildman–Crippen MR) is 84.6 cm³/mol. The van der Waals surface area contributed by atoms with Gasteiger partial charge in [0.05, 0.1) is 12.2 Å². The number of hydrogen-bond acceptors (Lipinski definition) is 5. The van der Waals surface area contributed by atoms with E-state index in [-0.39, 0.29) is 6.54 Å². The van der Waals surface area contributed by atoms with Crippen LogP contribution in [0.4, 0.5) is 0 Å². The topological polar surface area (TPSA) is 62.3 Å². The van der Waals surface area contributed by atoms with Gasteiger partial charge in [-0.25, -0.2) is 8.42 Å². The van der Waals surface area contributed by atoms with Gasteiger partial charge in [0.15, 0.2) is 0 Å². The number of rotatable bonds is 7. The second kappa shape index (κ2) is 7.13. The molecule has 7 heteroatoms. The van der Waals surface area contributed by atoms with E-state index in [0.717, 1.165) is 17.1 Å². The van der Waals surface area contributed by atoms with Gasteiger partial charge in [-0.3, -0.25) is 4.98 Å². The first-order valence-corrected chi connectivity index (χ1v) is 8.95. The van der Waals surface area contributed by atoms with Gasteiger partial charge in [0.1, 0.15) is 4.21 Å². The molecule has 0 atom stereocenters. The fourth-order valence-corrected chi connectivity index (χ4v) is 4.48. The van der Waals surface area contributed by atoms with Crippen molar-refractivity contribution in [3.8, 4) is 0 Å². The molecule has 0 aliphatic rings. The maximum absolute atomic E-state index is 12.5. The highest BCUT2D eigenvalue weighted by Crippen LogP contribution is 2.25. The van der Waals surface area contributed by atoms with Crippen molar-refractivity contribution in [2.45, 2.75) is 24.2 Å². The Kier molecular flexibility index (Phi) is 5.46. The summed E-state index contributed by atoms with van der Waals surface area (Å²) in [5, 5.41) is 3.19. The Morgan fingerprint density at radius 1 is 1.29 bits per heavy atom. The molecule has 0 bridgehead atoms. The van der Waals surface area contributed by atoms with Crippen molar-refractivity contribution in [1.82, 2.24) is 14.6 Å². The molecule has 0 fully saturated rings. The molecule has 5 nitrogen and oxygen atoms in total. The molecule has 0 radical (unpaired) electrons. The van der Waals surface area contributed by atoms with Crippen LogP contribution in [-0.4, -0.2) is 31.3 Å². The summed E-state index contributed by atoms with van der Waals surface area (Å²) in [6.07, 6.45) is 1.66. The molecule has 2 aromatic rings. The van der Waals surface area contributed by atoms with Crippen LogP contribution in [0.25, 0.3) is 0 Å². The zero-order valence-electron chi connectivity index (χ0n) is 12.1. The third-order valence-electron chi connectivity index (χ3n) is 2.96. The summed E-state index contributed by atoms with van der Waals surface area (Å²) in [4.78, 5) is 5.17. The van der Waals surface area contributed by atoms with Crippen molar-refractivity contribution in [1.29, 1.82) is 0 Å². The van der Waals surface area contributed by atoms with Gasteiger partial charge >= 0.3 is 0 Å². The van der Waals surface area contributed by atoms with Gasteiger partial charge in [-0.1, -0.05) is 13.0 Å². The molecule has 0 aliphatic carbocycles. The summed E-state index contributed by atoms with van der Waals surface area (Å²) in [6, 6.07) is 9.00. The van der Waals surface area contributed by atoms with Gasteiger partial charge in [-0.05, 0) is 30.8 Å². The lowest BCUT2D eigenvalue weighted by Gasteiger charge is -2.15. The average molecular weight is 325 g/mol. The van der Waals surface area contributed by atoms with Gasteiger partial charge in [0, 0.05) is 24.7 Å². The molecule has 2 aromatic heterocycles. The molecule has 0 spiro atoms. The molecular formula is C14H19N3O2S2. The lowest BCUT2D eigenvalue weighted by molar-refractivity contribution is 0.464. The fourth-order valence-electron chi connectivity index (χ4n) is 1.80. The monoisotopic (exact) mass is 325 g/mol. The highest BCUT2D eigenvalue weighted by molar-refractivity contribution is 7.91. The normalized spacial score (nSPS) is 12.0.